The fourth-order valence-corrected chi connectivity index (χ4v) is 4.94. The zero-order chi connectivity index (χ0) is 18.1. The summed E-state index contributed by atoms with van der Waals surface area (Å²) in [6.45, 7) is 6.89. The van der Waals surface area contributed by atoms with Gasteiger partial charge < -0.3 is 19.9 Å². The second-order valence-electron chi connectivity index (χ2n) is 8.10. The fraction of sp³-hybridized carbons (Fsp3) is 0.842. The minimum atomic E-state index is 0. The highest BCUT2D eigenvalue weighted by molar-refractivity contribution is 14.0. The molecule has 0 amide bonds. The van der Waals surface area contributed by atoms with E-state index in [4.69, 9.17) is 4.74 Å². The largest absolute Gasteiger partial charge is 0.378 e. The molecule has 3 aliphatic rings. The number of aliphatic imine (C=N–C) groups is 1. The molecular weight excluding hydrogens is 455 g/mol. The normalized spacial score (nSPS) is 28.6. The number of nitrogens with zero attached hydrogens (tertiary/aromatic N) is 4. The Kier molecular flexibility index (Phi) is 6.66. The lowest BCUT2D eigenvalue weighted by atomic mass is 9.51. The number of rotatable bonds is 5. The number of fused-ring (bicyclic) bond motifs is 1. The van der Waals surface area contributed by atoms with Gasteiger partial charge in [-0.25, -0.2) is 0 Å². The first kappa shape index (κ1) is 20.8. The summed E-state index contributed by atoms with van der Waals surface area (Å²) >= 11 is 0. The summed E-state index contributed by atoms with van der Waals surface area (Å²) < 4.78 is 8.22. The van der Waals surface area contributed by atoms with Crippen LogP contribution in [-0.4, -0.2) is 53.1 Å². The Hall–Kier alpha value is -0.900. The SMILES string of the molecule is CCOC1CC(NC(=NC)NCC2CCc3nnc(C)n3C2)C12CCC2.I. The molecule has 0 saturated heterocycles. The van der Waals surface area contributed by atoms with Crippen LogP contribution in [0.3, 0.4) is 0 Å². The Morgan fingerprint density at radius 1 is 1.37 bits per heavy atom. The molecule has 2 heterocycles. The summed E-state index contributed by atoms with van der Waals surface area (Å²) in [7, 11) is 1.87. The summed E-state index contributed by atoms with van der Waals surface area (Å²) in [5, 5.41) is 15.7. The van der Waals surface area contributed by atoms with E-state index >= 15 is 0 Å². The predicted molar refractivity (Wildman–Crippen MR) is 117 cm³/mol. The van der Waals surface area contributed by atoms with E-state index in [2.05, 4.69) is 37.3 Å². The lowest BCUT2D eigenvalue weighted by Gasteiger charge is -2.61. The summed E-state index contributed by atoms with van der Waals surface area (Å²) in [5.41, 5.74) is 0.354. The maximum Gasteiger partial charge on any atom is 0.191 e. The number of hydrogen-bond donors (Lipinski definition) is 2. The molecule has 2 fully saturated rings. The van der Waals surface area contributed by atoms with Crippen LogP contribution < -0.4 is 10.6 Å². The summed E-state index contributed by atoms with van der Waals surface area (Å²) in [4.78, 5) is 4.46. The molecule has 1 aromatic rings. The summed E-state index contributed by atoms with van der Waals surface area (Å²) in [6.07, 6.45) is 7.60. The Balaban J connectivity index is 0.00000210. The average molecular weight is 488 g/mol. The molecule has 3 atom stereocenters. The Bertz CT molecular complexity index is 671. The Morgan fingerprint density at radius 2 is 2.19 bits per heavy atom. The van der Waals surface area contributed by atoms with Crippen molar-refractivity contribution in [1.82, 2.24) is 25.4 Å². The third-order valence-corrected chi connectivity index (χ3v) is 6.76. The number of guanidine groups is 1. The lowest BCUT2D eigenvalue weighted by Crippen LogP contribution is -2.68. The molecule has 27 heavy (non-hydrogen) atoms. The standard InChI is InChI=1S/C19H32N6O.HI/c1-4-26-16-10-15(19(16)8-5-9-19)22-18(20-3)21-11-14-6-7-17-24-23-13(2)25(17)12-14;/h14-16H,4-12H2,1-3H3,(H2,20,21,22);1H. The predicted octanol–water partition coefficient (Wildman–Crippen LogP) is 2.28. The number of halogens is 1. The molecule has 0 aromatic carbocycles. The van der Waals surface area contributed by atoms with Crippen LogP contribution in [-0.2, 0) is 17.7 Å². The van der Waals surface area contributed by atoms with Crippen molar-refractivity contribution < 1.29 is 4.74 Å². The Morgan fingerprint density at radius 3 is 2.85 bits per heavy atom. The van der Waals surface area contributed by atoms with E-state index in [-0.39, 0.29) is 24.0 Å². The second kappa shape index (κ2) is 8.63. The average Bonchev–Trinajstić information content (AvgIpc) is 2.96. The van der Waals surface area contributed by atoms with Gasteiger partial charge in [-0.1, -0.05) is 6.42 Å². The summed E-state index contributed by atoms with van der Waals surface area (Å²) in [5.74, 6) is 3.67. The lowest BCUT2D eigenvalue weighted by molar-refractivity contribution is -0.168. The van der Waals surface area contributed by atoms with Gasteiger partial charge in [0.1, 0.15) is 11.6 Å². The van der Waals surface area contributed by atoms with Crippen LogP contribution in [0.2, 0.25) is 0 Å². The van der Waals surface area contributed by atoms with E-state index in [9.17, 15) is 0 Å². The molecule has 2 N–H and O–H groups in total. The molecular formula is C19H33IN6O. The molecule has 2 saturated carbocycles. The van der Waals surface area contributed by atoms with Gasteiger partial charge in [0, 0.05) is 44.6 Å². The quantitative estimate of drug-likeness (QED) is 0.378. The maximum atomic E-state index is 5.96. The van der Waals surface area contributed by atoms with Gasteiger partial charge in [-0.15, -0.1) is 34.2 Å². The first-order chi connectivity index (χ1) is 12.7. The minimum Gasteiger partial charge on any atom is -0.378 e. The van der Waals surface area contributed by atoms with Gasteiger partial charge in [0.2, 0.25) is 0 Å². The number of nitrogens with one attached hydrogen (secondary N) is 2. The van der Waals surface area contributed by atoms with Crippen molar-refractivity contribution in [1.29, 1.82) is 0 Å². The second-order valence-corrected chi connectivity index (χ2v) is 8.10. The van der Waals surface area contributed by atoms with Gasteiger partial charge >= 0.3 is 0 Å². The van der Waals surface area contributed by atoms with Gasteiger partial charge in [0.25, 0.3) is 0 Å². The van der Waals surface area contributed by atoms with Crippen molar-refractivity contribution in [2.24, 2.45) is 16.3 Å². The molecule has 4 rings (SSSR count). The minimum absolute atomic E-state index is 0. The van der Waals surface area contributed by atoms with Gasteiger partial charge in [0.15, 0.2) is 5.96 Å². The van der Waals surface area contributed by atoms with Crippen LogP contribution in [0.25, 0.3) is 0 Å². The topological polar surface area (TPSA) is 76.4 Å². The molecule has 8 heteroatoms. The van der Waals surface area contributed by atoms with Crippen molar-refractivity contribution in [3.8, 4) is 0 Å². The van der Waals surface area contributed by atoms with Crippen molar-refractivity contribution in [2.75, 3.05) is 20.2 Å². The number of aryl methyl sites for hydroxylation is 2. The van der Waals surface area contributed by atoms with Crippen LogP contribution >= 0.6 is 24.0 Å². The number of ether oxygens (including phenoxy) is 1. The highest BCUT2D eigenvalue weighted by Gasteiger charge is 2.59. The smallest absolute Gasteiger partial charge is 0.191 e. The van der Waals surface area contributed by atoms with Crippen LogP contribution in [0.15, 0.2) is 4.99 Å². The van der Waals surface area contributed by atoms with E-state index in [1.54, 1.807) is 0 Å². The maximum absolute atomic E-state index is 5.96. The number of hydrogen-bond acceptors (Lipinski definition) is 4. The molecule has 3 unspecified atom stereocenters. The third-order valence-electron chi connectivity index (χ3n) is 6.76. The van der Waals surface area contributed by atoms with E-state index in [1.165, 1.54) is 19.3 Å². The van der Waals surface area contributed by atoms with Crippen molar-refractivity contribution in [3.63, 3.8) is 0 Å². The molecule has 0 radical (unpaired) electrons. The molecule has 0 bridgehead atoms. The molecule has 1 aromatic heterocycles. The van der Waals surface area contributed by atoms with Crippen LogP contribution in [0.1, 0.15) is 50.7 Å². The zero-order valence-corrected chi connectivity index (χ0v) is 19.0. The first-order valence-electron chi connectivity index (χ1n) is 10.1. The highest BCUT2D eigenvalue weighted by Crippen LogP contribution is 2.57. The van der Waals surface area contributed by atoms with Gasteiger partial charge in [-0.2, -0.15) is 0 Å². The first-order valence-corrected chi connectivity index (χ1v) is 10.1. The molecule has 7 nitrogen and oxygen atoms in total. The van der Waals surface area contributed by atoms with Gasteiger partial charge in [0.05, 0.1) is 6.10 Å². The van der Waals surface area contributed by atoms with Crippen LogP contribution in [0, 0.1) is 18.3 Å². The van der Waals surface area contributed by atoms with Gasteiger partial charge in [-0.05, 0) is 45.4 Å². The molecule has 1 spiro atoms. The fourth-order valence-electron chi connectivity index (χ4n) is 4.94. The van der Waals surface area contributed by atoms with Gasteiger partial charge in [-0.3, -0.25) is 4.99 Å². The zero-order valence-electron chi connectivity index (χ0n) is 16.7. The molecule has 2 aliphatic carbocycles. The van der Waals surface area contributed by atoms with E-state index < -0.39 is 0 Å². The highest BCUT2D eigenvalue weighted by atomic mass is 127. The van der Waals surface area contributed by atoms with E-state index in [0.29, 0.717) is 23.5 Å². The van der Waals surface area contributed by atoms with E-state index in [0.717, 1.165) is 56.6 Å². The molecule has 1 aliphatic heterocycles. The van der Waals surface area contributed by atoms with Crippen molar-refractivity contribution in [2.45, 2.75) is 71.1 Å². The van der Waals surface area contributed by atoms with Crippen LogP contribution in [0.4, 0.5) is 0 Å². The Labute approximate surface area is 179 Å². The van der Waals surface area contributed by atoms with Crippen molar-refractivity contribution >= 4 is 29.9 Å². The molecule has 152 valence electrons. The third kappa shape index (κ3) is 3.83. The number of aromatic nitrogens is 3. The summed E-state index contributed by atoms with van der Waals surface area (Å²) in [6, 6.07) is 0.497. The van der Waals surface area contributed by atoms with E-state index in [1.807, 2.05) is 14.0 Å². The van der Waals surface area contributed by atoms with Crippen LogP contribution in [0.5, 0.6) is 0 Å². The monoisotopic (exact) mass is 488 g/mol. The van der Waals surface area contributed by atoms with Crippen molar-refractivity contribution in [3.05, 3.63) is 11.6 Å².